The average Bonchev–Trinajstić information content (AvgIpc) is 3.15. The second kappa shape index (κ2) is 8.16. The summed E-state index contributed by atoms with van der Waals surface area (Å²) in [5, 5.41) is 3.01. The molecule has 1 N–H and O–H groups in total. The fourth-order valence-corrected chi connectivity index (χ4v) is 2.84. The molecular formula is C21H21NO2. The summed E-state index contributed by atoms with van der Waals surface area (Å²) in [7, 11) is 0. The molecule has 1 amide bonds. The Bertz CT molecular complexity index is 697. The van der Waals surface area contributed by atoms with Gasteiger partial charge in [-0.15, -0.1) is 0 Å². The highest BCUT2D eigenvalue weighted by Crippen LogP contribution is 2.27. The zero-order valence-electron chi connectivity index (χ0n) is 13.5. The van der Waals surface area contributed by atoms with Gasteiger partial charge in [0.15, 0.2) is 0 Å². The number of amides is 1. The third-order valence-electron chi connectivity index (χ3n) is 4.11. The summed E-state index contributed by atoms with van der Waals surface area (Å²) in [5.41, 5.74) is 3.42. The van der Waals surface area contributed by atoms with E-state index in [-0.39, 0.29) is 11.8 Å². The van der Waals surface area contributed by atoms with Crippen LogP contribution in [0.25, 0.3) is 0 Å². The van der Waals surface area contributed by atoms with E-state index < -0.39 is 0 Å². The normalized spacial score (nSPS) is 10.7. The number of hydrogen-bond acceptors (Lipinski definition) is 2. The average molecular weight is 319 g/mol. The molecule has 0 spiro atoms. The van der Waals surface area contributed by atoms with Crippen LogP contribution in [0, 0.1) is 0 Å². The van der Waals surface area contributed by atoms with Crippen LogP contribution in [0.5, 0.6) is 0 Å². The molecule has 3 rings (SSSR count). The lowest BCUT2D eigenvalue weighted by Crippen LogP contribution is -2.27. The van der Waals surface area contributed by atoms with E-state index in [0.29, 0.717) is 13.0 Å². The summed E-state index contributed by atoms with van der Waals surface area (Å²) in [4.78, 5) is 12.4. The standard InChI is InChI=1S/C21H21NO2/c23-21(22-13-11-17-12-14-24-16-17)15-20(18-7-3-1-4-8-18)19-9-5-2-6-10-19/h1-10,12,14,16,20H,11,13,15H2,(H,22,23). The summed E-state index contributed by atoms with van der Waals surface area (Å²) in [6.07, 6.45) is 4.59. The molecule has 0 unspecified atom stereocenters. The predicted octanol–water partition coefficient (Wildman–Crippen LogP) is 4.16. The number of carbonyl (C=O) groups is 1. The van der Waals surface area contributed by atoms with Gasteiger partial charge in [-0.05, 0) is 29.2 Å². The Balaban J connectivity index is 1.64. The number of furan rings is 1. The van der Waals surface area contributed by atoms with Crippen molar-refractivity contribution in [1.82, 2.24) is 5.32 Å². The van der Waals surface area contributed by atoms with Crippen molar-refractivity contribution in [1.29, 1.82) is 0 Å². The van der Waals surface area contributed by atoms with E-state index >= 15 is 0 Å². The highest BCUT2D eigenvalue weighted by Gasteiger charge is 2.17. The first-order valence-electron chi connectivity index (χ1n) is 8.20. The van der Waals surface area contributed by atoms with Crippen molar-refractivity contribution >= 4 is 5.91 Å². The van der Waals surface area contributed by atoms with Crippen LogP contribution in [0.15, 0.2) is 83.7 Å². The number of carbonyl (C=O) groups excluding carboxylic acids is 1. The number of nitrogens with one attached hydrogen (secondary N) is 1. The largest absolute Gasteiger partial charge is 0.472 e. The Morgan fingerprint density at radius 3 is 2.08 bits per heavy atom. The van der Waals surface area contributed by atoms with Crippen LogP contribution in [0.1, 0.15) is 29.0 Å². The molecule has 0 saturated heterocycles. The van der Waals surface area contributed by atoms with Gasteiger partial charge in [-0.2, -0.15) is 0 Å². The number of hydrogen-bond donors (Lipinski definition) is 1. The van der Waals surface area contributed by atoms with Gasteiger partial charge in [-0.3, -0.25) is 4.79 Å². The minimum atomic E-state index is 0.0659. The predicted molar refractivity (Wildman–Crippen MR) is 94.8 cm³/mol. The molecule has 1 heterocycles. The smallest absolute Gasteiger partial charge is 0.220 e. The lowest BCUT2D eigenvalue weighted by Gasteiger charge is -2.18. The minimum absolute atomic E-state index is 0.0659. The van der Waals surface area contributed by atoms with Crippen LogP contribution in [0.2, 0.25) is 0 Å². The molecule has 3 nitrogen and oxygen atoms in total. The molecule has 0 fully saturated rings. The highest BCUT2D eigenvalue weighted by atomic mass is 16.3. The molecule has 0 radical (unpaired) electrons. The van der Waals surface area contributed by atoms with Gasteiger partial charge < -0.3 is 9.73 Å². The van der Waals surface area contributed by atoms with Crippen LogP contribution < -0.4 is 5.32 Å². The van der Waals surface area contributed by atoms with E-state index in [1.807, 2.05) is 42.5 Å². The topological polar surface area (TPSA) is 42.2 Å². The van der Waals surface area contributed by atoms with Gasteiger partial charge in [-0.1, -0.05) is 60.7 Å². The maximum Gasteiger partial charge on any atom is 0.220 e. The van der Waals surface area contributed by atoms with Gasteiger partial charge in [0.2, 0.25) is 5.91 Å². The molecule has 0 aliphatic heterocycles. The Hall–Kier alpha value is -2.81. The molecule has 1 aromatic heterocycles. The van der Waals surface area contributed by atoms with Gasteiger partial charge >= 0.3 is 0 Å². The van der Waals surface area contributed by atoms with E-state index in [0.717, 1.165) is 23.1 Å². The minimum Gasteiger partial charge on any atom is -0.472 e. The molecule has 122 valence electrons. The molecule has 0 aliphatic rings. The van der Waals surface area contributed by atoms with Crippen molar-refractivity contribution in [3.8, 4) is 0 Å². The van der Waals surface area contributed by atoms with Crippen molar-refractivity contribution in [2.75, 3.05) is 6.54 Å². The summed E-state index contributed by atoms with van der Waals surface area (Å²) >= 11 is 0. The Kier molecular flexibility index (Phi) is 5.46. The summed E-state index contributed by atoms with van der Waals surface area (Å²) < 4.78 is 5.04. The molecule has 0 bridgehead atoms. The molecule has 3 aromatic rings. The summed E-state index contributed by atoms with van der Waals surface area (Å²) in [6, 6.07) is 22.3. The lowest BCUT2D eigenvalue weighted by atomic mass is 9.88. The van der Waals surface area contributed by atoms with E-state index in [4.69, 9.17) is 4.42 Å². The first kappa shape index (κ1) is 16.1. The fourth-order valence-electron chi connectivity index (χ4n) is 2.84. The zero-order chi connectivity index (χ0) is 16.6. The van der Waals surface area contributed by atoms with Crippen LogP contribution in [-0.2, 0) is 11.2 Å². The highest BCUT2D eigenvalue weighted by molar-refractivity contribution is 5.77. The van der Waals surface area contributed by atoms with Crippen molar-refractivity contribution in [3.63, 3.8) is 0 Å². The van der Waals surface area contributed by atoms with Gasteiger partial charge in [0.1, 0.15) is 0 Å². The number of benzene rings is 2. The van der Waals surface area contributed by atoms with Crippen LogP contribution in [0.3, 0.4) is 0 Å². The third-order valence-corrected chi connectivity index (χ3v) is 4.11. The molecule has 3 heteroatoms. The van der Waals surface area contributed by atoms with Gasteiger partial charge in [0, 0.05) is 18.9 Å². The first-order valence-corrected chi connectivity index (χ1v) is 8.20. The van der Waals surface area contributed by atoms with Crippen LogP contribution >= 0.6 is 0 Å². The van der Waals surface area contributed by atoms with E-state index in [2.05, 4.69) is 29.6 Å². The molecule has 2 aromatic carbocycles. The second-order valence-electron chi connectivity index (χ2n) is 5.81. The van der Waals surface area contributed by atoms with Gasteiger partial charge in [-0.25, -0.2) is 0 Å². The SMILES string of the molecule is O=C(CC(c1ccccc1)c1ccccc1)NCCc1ccoc1. The molecular weight excluding hydrogens is 298 g/mol. The van der Waals surface area contributed by atoms with Crippen molar-refractivity contribution in [2.24, 2.45) is 0 Å². The number of rotatable bonds is 7. The first-order chi connectivity index (χ1) is 11.8. The fraction of sp³-hybridized carbons (Fsp3) is 0.190. The Morgan fingerprint density at radius 1 is 0.917 bits per heavy atom. The van der Waals surface area contributed by atoms with E-state index in [9.17, 15) is 4.79 Å². The maximum absolute atomic E-state index is 12.4. The lowest BCUT2D eigenvalue weighted by molar-refractivity contribution is -0.121. The monoisotopic (exact) mass is 319 g/mol. The summed E-state index contributed by atoms with van der Waals surface area (Å²) in [6.45, 7) is 0.620. The van der Waals surface area contributed by atoms with Crippen molar-refractivity contribution < 1.29 is 9.21 Å². The van der Waals surface area contributed by atoms with Gasteiger partial charge in [0.05, 0.1) is 12.5 Å². The van der Waals surface area contributed by atoms with Crippen LogP contribution in [-0.4, -0.2) is 12.5 Å². The summed E-state index contributed by atoms with van der Waals surface area (Å²) in [5.74, 6) is 0.137. The zero-order valence-corrected chi connectivity index (χ0v) is 13.5. The van der Waals surface area contributed by atoms with E-state index in [1.165, 1.54) is 0 Å². The van der Waals surface area contributed by atoms with Crippen LogP contribution in [0.4, 0.5) is 0 Å². The van der Waals surface area contributed by atoms with E-state index in [1.54, 1.807) is 12.5 Å². The Morgan fingerprint density at radius 2 is 1.54 bits per heavy atom. The second-order valence-corrected chi connectivity index (χ2v) is 5.81. The molecule has 0 atom stereocenters. The Labute approximate surface area is 142 Å². The molecule has 0 aliphatic carbocycles. The van der Waals surface area contributed by atoms with Gasteiger partial charge in [0.25, 0.3) is 0 Å². The molecule has 24 heavy (non-hydrogen) atoms. The molecule has 0 saturated carbocycles. The van der Waals surface area contributed by atoms with Crippen molar-refractivity contribution in [3.05, 3.63) is 95.9 Å². The third kappa shape index (κ3) is 4.35. The maximum atomic E-state index is 12.4. The quantitative estimate of drug-likeness (QED) is 0.710. The van der Waals surface area contributed by atoms with Crippen molar-refractivity contribution in [2.45, 2.75) is 18.8 Å².